The molecule has 0 atom stereocenters. The Morgan fingerprint density at radius 2 is 1.91 bits per heavy atom. The van der Waals surface area contributed by atoms with Gasteiger partial charge in [0.05, 0.1) is 14.2 Å². The molecule has 0 saturated carbocycles. The average molecular weight is 315 g/mol. The molecular weight excluding hydrogens is 297 g/mol. The Balaban J connectivity index is 1.94. The summed E-state index contributed by atoms with van der Waals surface area (Å²) in [5, 5.41) is 2.76. The molecule has 0 saturated heterocycles. The fraction of sp³-hybridized carbons (Fsp3) is 0.167. The van der Waals surface area contributed by atoms with E-state index < -0.39 is 0 Å². The maximum atomic E-state index is 13.0. The molecular formula is C18H18FNO3. The molecule has 23 heavy (non-hydrogen) atoms. The molecule has 2 aromatic rings. The number of nitrogens with one attached hydrogen (secondary N) is 1. The number of carbonyl (C=O) groups is 1. The summed E-state index contributed by atoms with van der Waals surface area (Å²) in [6.45, 7) is 0.354. The van der Waals surface area contributed by atoms with E-state index in [9.17, 15) is 9.18 Å². The van der Waals surface area contributed by atoms with E-state index in [0.29, 0.717) is 23.6 Å². The minimum Gasteiger partial charge on any atom is -0.493 e. The zero-order valence-electron chi connectivity index (χ0n) is 13.0. The van der Waals surface area contributed by atoms with E-state index in [1.807, 2.05) is 6.07 Å². The van der Waals surface area contributed by atoms with Crippen LogP contribution in [-0.4, -0.2) is 20.1 Å². The number of rotatable bonds is 6. The van der Waals surface area contributed by atoms with Gasteiger partial charge < -0.3 is 14.8 Å². The Kier molecular flexibility index (Phi) is 5.74. The molecule has 5 heteroatoms. The van der Waals surface area contributed by atoms with Crippen LogP contribution in [0.4, 0.5) is 4.39 Å². The predicted octanol–water partition coefficient (Wildman–Crippen LogP) is 3.17. The molecule has 0 aromatic heterocycles. The normalized spacial score (nSPS) is 10.6. The van der Waals surface area contributed by atoms with Gasteiger partial charge in [-0.3, -0.25) is 4.79 Å². The molecule has 0 unspecified atom stereocenters. The highest BCUT2D eigenvalue weighted by atomic mass is 19.1. The van der Waals surface area contributed by atoms with Crippen LogP contribution < -0.4 is 14.8 Å². The minimum atomic E-state index is -0.335. The second-order valence-corrected chi connectivity index (χ2v) is 4.80. The maximum absolute atomic E-state index is 13.0. The van der Waals surface area contributed by atoms with Crippen LogP contribution in [0.25, 0.3) is 6.08 Å². The van der Waals surface area contributed by atoms with Crippen LogP contribution in [0.2, 0.25) is 0 Å². The minimum absolute atomic E-state index is 0.260. The smallest absolute Gasteiger partial charge is 0.244 e. The van der Waals surface area contributed by atoms with Crippen LogP contribution >= 0.6 is 0 Å². The van der Waals surface area contributed by atoms with Gasteiger partial charge in [-0.15, -0.1) is 0 Å². The van der Waals surface area contributed by atoms with E-state index in [1.54, 1.807) is 44.6 Å². The van der Waals surface area contributed by atoms with Crippen molar-refractivity contribution >= 4 is 12.0 Å². The zero-order chi connectivity index (χ0) is 16.7. The number of benzene rings is 2. The fourth-order valence-electron chi connectivity index (χ4n) is 2.02. The van der Waals surface area contributed by atoms with Gasteiger partial charge >= 0.3 is 0 Å². The van der Waals surface area contributed by atoms with Gasteiger partial charge in [-0.2, -0.15) is 0 Å². The first-order valence-electron chi connectivity index (χ1n) is 7.05. The van der Waals surface area contributed by atoms with Crippen LogP contribution in [0.3, 0.4) is 0 Å². The molecule has 0 spiro atoms. The molecule has 0 aliphatic heterocycles. The summed E-state index contributed by atoms with van der Waals surface area (Å²) in [5.74, 6) is 0.644. The van der Waals surface area contributed by atoms with Crippen LogP contribution in [0.1, 0.15) is 11.1 Å². The Labute approximate surface area is 134 Å². The van der Waals surface area contributed by atoms with Gasteiger partial charge in [-0.1, -0.05) is 18.2 Å². The number of hydrogen-bond acceptors (Lipinski definition) is 3. The number of ether oxygens (including phenoxy) is 2. The van der Waals surface area contributed by atoms with Crippen molar-refractivity contribution in [2.45, 2.75) is 6.54 Å². The Hall–Kier alpha value is -2.82. The van der Waals surface area contributed by atoms with Crippen molar-refractivity contribution in [2.75, 3.05) is 14.2 Å². The third-order valence-electron chi connectivity index (χ3n) is 3.19. The van der Waals surface area contributed by atoms with Crippen LogP contribution in [-0.2, 0) is 11.3 Å². The van der Waals surface area contributed by atoms with Crippen molar-refractivity contribution in [1.82, 2.24) is 5.32 Å². The lowest BCUT2D eigenvalue weighted by molar-refractivity contribution is -0.116. The summed E-state index contributed by atoms with van der Waals surface area (Å²) in [6, 6.07) is 11.5. The third-order valence-corrected chi connectivity index (χ3v) is 3.19. The number of hydrogen-bond donors (Lipinski definition) is 1. The summed E-state index contributed by atoms with van der Waals surface area (Å²) >= 11 is 0. The van der Waals surface area contributed by atoms with Crippen molar-refractivity contribution in [1.29, 1.82) is 0 Å². The van der Waals surface area contributed by atoms with Crippen molar-refractivity contribution in [3.8, 4) is 11.5 Å². The number of carbonyl (C=O) groups excluding carboxylic acids is 1. The molecule has 4 nitrogen and oxygen atoms in total. The lowest BCUT2D eigenvalue weighted by atomic mass is 10.2. The van der Waals surface area contributed by atoms with Gasteiger partial charge in [0.15, 0.2) is 11.5 Å². The Morgan fingerprint density at radius 1 is 1.13 bits per heavy atom. The van der Waals surface area contributed by atoms with E-state index in [-0.39, 0.29) is 11.7 Å². The lowest BCUT2D eigenvalue weighted by Crippen LogP contribution is -2.20. The fourth-order valence-corrected chi connectivity index (χ4v) is 2.02. The number of methoxy groups -OCH3 is 2. The quantitative estimate of drug-likeness (QED) is 0.833. The molecule has 0 fully saturated rings. The van der Waals surface area contributed by atoms with Gasteiger partial charge in [-0.05, 0) is 41.5 Å². The van der Waals surface area contributed by atoms with Gasteiger partial charge in [0, 0.05) is 12.6 Å². The first kappa shape index (κ1) is 16.5. The lowest BCUT2D eigenvalue weighted by Gasteiger charge is -2.09. The highest BCUT2D eigenvalue weighted by Gasteiger charge is 2.05. The predicted molar refractivity (Wildman–Crippen MR) is 86.8 cm³/mol. The van der Waals surface area contributed by atoms with Crippen molar-refractivity contribution in [3.63, 3.8) is 0 Å². The molecule has 0 radical (unpaired) electrons. The van der Waals surface area contributed by atoms with Gasteiger partial charge in [-0.25, -0.2) is 4.39 Å². The summed E-state index contributed by atoms with van der Waals surface area (Å²) in [6.07, 6.45) is 2.93. The standard InChI is InChI=1S/C18H18FNO3/c1-22-16-8-6-14(11-17(16)23-2)12-20-18(21)9-7-13-4-3-5-15(19)10-13/h3-11H,12H2,1-2H3,(H,20,21)/b9-7+. The van der Waals surface area contributed by atoms with E-state index in [4.69, 9.17) is 9.47 Å². The first-order valence-corrected chi connectivity index (χ1v) is 7.05. The van der Waals surface area contributed by atoms with Gasteiger partial charge in [0.25, 0.3) is 0 Å². The second-order valence-electron chi connectivity index (χ2n) is 4.80. The van der Waals surface area contributed by atoms with E-state index in [1.165, 1.54) is 18.2 Å². The topological polar surface area (TPSA) is 47.6 Å². The largest absolute Gasteiger partial charge is 0.493 e. The second kappa shape index (κ2) is 7.98. The molecule has 2 rings (SSSR count). The molecule has 1 amide bonds. The summed E-state index contributed by atoms with van der Waals surface area (Å²) < 4.78 is 23.4. The maximum Gasteiger partial charge on any atom is 0.244 e. The Bertz CT molecular complexity index is 713. The molecule has 2 aromatic carbocycles. The molecule has 0 aliphatic carbocycles. The third kappa shape index (κ3) is 4.85. The van der Waals surface area contributed by atoms with E-state index in [0.717, 1.165) is 5.56 Å². The average Bonchev–Trinajstić information content (AvgIpc) is 2.57. The van der Waals surface area contributed by atoms with E-state index in [2.05, 4.69) is 5.32 Å². The molecule has 0 bridgehead atoms. The van der Waals surface area contributed by atoms with Crippen LogP contribution in [0.15, 0.2) is 48.5 Å². The van der Waals surface area contributed by atoms with Crippen molar-refractivity contribution in [3.05, 3.63) is 65.5 Å². The van der Waals surface area contributed by atoms with Crippen LogP contribution in [0, 0.1) is 5.82 Å². The van der Waals surface area contributed by atoms with E-state index >= 15 is 0 Å². The van der Waals surface area contributed by atoms with Crippen LogP contribution in [0.5, 0.6) is 11.5 Å². The van der Waals surface area contributed by atoms with Gasteiger partial charge in [0.2, 0.25) is 5.91 Å². The zero-order valence-corrected chi connectivity index (χ0v) is 13.0. The first-order chi connectivity index (χ1) is 11.1. The summed E-state index contributed by atoms with van der Waals surface area (Å²) in [5.41, 5.74) is 1.52. The monoisotopic (exact) mass is 315 g/mol. The SMILES string of the molecule is COc1ccc(CNC(=O)/C=C/c2cccc(F)c2)cc1OC. The molecule has 0 heterocycles. The Morgan fingerprint density at radius 3 is 2.61 bits per heavy atom. The number of halogens is 1. The molecule has 120 valence electrons. The summed E-state index contributed by atoms with van der Waals surface area (Å²) in [7, 11) is 3.12. The highest BCUT2D eigenvalue weighted by molar-refractivity contribution is 5.91. The number of amides is 1. The molecule has 1 N–H and O–H groups in total. The van der Waals surface area contributed by atoms with Crippen molar-refractivity contribution in [2.24, 2.45) is 0 Å². The van der Waals surface area contributed by atoms with Gasteiger partial charge in [0.1, 0.15) is 5.82 Å². The summed E-state index contributed by atoms with van der Waals surface area (Å²) in [4.78, 5) is 11.8. The molecule has 0 aliphatic rings. The van der Waals surface area contributed by atoms with Crippen molar-refractivity contribution < 1.29 is 18.7 Å². The highest BCUT2D eigenvalue weighted by Crippen LogP contribution is 2.27.